The molecule has 1 saturated carbocycles. The summed E-state index contributed by atoms with van der Waals surface area (Å²) in [6, 6.07) is 19.1. The molecule has 3 heterocycles. The van der Waals surface area contributed by atoms with Crippen molar-refractivity contribution in [3.63, 3.8) is 0 Å². The molecule has 1 aliphatic carbocycles. The predicted molar refractivity (Wildman–Crippen MR) is 149 cm³/mol. The third kappa shape index (κ3) is 3.69. The van der Waals surface area contributed by atoms with Gasteiger partial charge in [0.05, 0.1) is 16.6 Å². The zero-order valence-electron chi connectivity index (χ0n) is 21.7. The van der Waals surface area contributed by atoms with Gasteiger partial charge in [0.15, 0.2) is 0 Å². The van der Waals surface area contributed by atoms with Gasteiger partial charge in [0.2, 0.25) is 5.91 Å². The topological polar surface area (TPSA) is 64.3 Å². The fraction of sp³-hybridized carbons (Fsp3) is 0.290. The van der Waals surface area contributed by atoms with E-state index in [4.69, 9.17) is 0 Å². The van der Waals surface area contributed by atoms with E-state index in [0.29, 0.717) is 23.7 Å². The first-order valence-corrected chi connectivity index (χ1v) is 13.3. The zero-order valence-corrected chi connectivity index (χ0v) is 21.7. The van der Waals surface area contributed by atoms with Crippen LogP contribution in [0.5, 0.6) is 0 Å². The Hall–Kier alpha value is -4.04. The van der Waals surface area contributed by atoms with E-state index in [-0.39, 0.29) is 17.4 Å². The molecule has 3 aromatic carbocycles. The number of H-pyrrole nitrogens is 1. The highest BCUT2D eigenvalue weighted by Crippen LogP contribution is 2.65. The maximum absolute atomic E-state index is 14.4. The van der Waals surface area contributed by atoms with E-state index in [2.05, 4.69) is 63.2 Å². The van der Waals surface area contributed by atoms with E-state index in [0.717, 1.165) is 53.9 Å². The van der Waals surface area contributed by atoms with E-state index in [1.807, 2.05) is 18.2 Å². The Bertz CT molecular complexity index is 1620. The van der Waals surface area contributed by atoms with Crippen molar-refractivity contribution in [2.24, 2.45) is 0 Å². The number of hydrogen-bond acceptors (Lipinski definition) is 4. The van der Waals surface area contributed by atoms with Crippen LogP contribution in [0.2, 0.25) is 0 Å². The van der Waals surface area contributed by atoms with Gasteiger partial charge >= 0.3 is 0 Å². The highest BCUT2D eigenvalue weighted by molar-refractivity contribution is 6.10. The first kappa shape index (κ1) is 24.0. The van der Waals surface area contributed by atoms with Crippen LogP contribution >= 0.6 is 0 Å². The summed E-state index contributed by atoms with van der Waals surface area (Å²) in [5, 5.41) is 11.7. The molecule has 4 aromatic rings. The molecule has 1 saturated heterocycles. The van der Waals surface area contributed by atoms with Crippen molar-refractivity contribution in [2.75, 3.05) is 43.4 Å². The lowest BCUT2D eigenvalue weighted by molar-refractivity contribution is -0.118. The molecule has 8 heteroatoms. The van der Waals surface area contributed by atoms with Gasteiger partial charge in [-0.1, -0.05) is 36.9 Å². The Morgan fingerprint density at radius 3 is 2.56 bits per heavy atom. The Kier molecular flexibility index (Phi) is 5.23. The van der Waals surface area contributed by atoms with Crippen LogP contribution in [0.3, 0.4) is 0 Å². The number of hydrogen-bond donors (Lipinski definition) is 2. The van der Waals surface area contributed by atoms with Crippen molar-refractivity contribution in [2.45, 2.75) is 23.7 Å². The molecule has 1 spiro atoms. The van der Waals surface area contributed by atoms with Crippen LogP contribution in [0.15, 0.2) is 73.3 Å². The molecule has 7 rings (SSSR count). The lowest BCUT2D eigenvalue weighted by Gasteiger charge is -2.34. The quantitative estimate of drug-likeness (QED) is 0.331. The first-order chi connectivity index (χ1) is 18.8. The molecule has 0 radical (unpaired) electrons. The van der Waals surface area contributed by atoms with Gasteiger partial charge < -0.3 is 15.1 Å². The lowest BCUT2D eigenvalue weighted by Crippen LogP contribution is -2.44. The van der Waals surface area contributed by atoms with Gasteiger partial charge in [-0.3, -0.25) is 9.89 Å². The largest absolute Gasteiger partial charge is 0.369 e. The van der Waals surface area contributed by atoms with E-state index < -0.39 is 11.3 Å². The molecular weight excluding hydrogens is 496 g/mol. The second kappa shape index (κ2) is 8.48. The van der Waals surface area contributed by atoms with Gasteiger partial charge in [-0.2, -0.15) is 13.9 Å². The Morgan fingerprint density at radius 1 is 1.05 bits per heavy atom. The number of aromatic nitrogens is 2. The predicted octanol–water partition coefficient (Wildman–Crippen LogP) is 5.64. The minimum atomic E-state index is -3.15. The monoisotopic (exact) mass is 525 g/mol. The summed E-state index contributed by atoms with van der Waals surface area (Å²) in [6.07, 6.45) is 1.22. The SMILES string of the molecule is C=CC(F)(F)c1ccc2c(c1)C1(CC1c1ccc3c(-c4ccc(N5CCN(C)CC5)cc4)n[nH]c3c1)C(=O)N2. The van der Waals surface area contributed by atoms with E-state index in [1.54, 1.807) is 6.07 Å². The van der Waals surface area contributed by atoms with Gasteiger partial charge in [0.25, 0.3) is 5.92 Å². The molecule has 2 atom stereocenters. The number of alkyl halides is 2. The van der Waals surface area contributed by atoms with E-state index >= 15 is 0 Å². The van der Waals surface area contributed by atoms with Crippen molar-refractivity contribution in [3.05, 3.63) is 90.0 Å². The number of nitrogens with one attached hydrogen (secondary N) is 2. The summed E-state index contributed by atoms with van der Waals surface area (Å²) in [6.45, 7) is 7.43. The van der Waals surface area contributed by atoms with Crippen LogP contribution in [-0.4, -0.2) is 54.2 Å². The number of carbonyl (C=O) groups excluding carboxylic acids is 1. The molecule has 2 N–H and O–H groups in total. The minimum absolute atomic E-state index is 0.0922. The van der Waals surface area contributed by atoms with Crippen molar-refractivity contribution in [3.8, 4) is 11.3 Å². The molecule has 3 aliphatic rings. The minimum Gasteiger partial charge on any atom is -0.369 e. The average Bonchev–Trinajstić information content (AvgIpc) is 3.47. The number of piperazine rings is 1. The average molecular weight is 526 g/mol. The number of rotatable bonds is 5. The second-order valence-corrected chi connectivity index (χ2v) is 11.0. The van der Waals surface area contributed by atoms with Crippen molar-refractivity contribution >= 4 is 28.2 Å². The first-order valence-electron chi connectivity index (χ1n) is 13.3. The zero-order chi connectivity index (χ0) is 26.9. The smallest absolute Gasteiger partial charge is 0.291 e. The number of amides is 1. The number of anilines is 2. The second-order valence-electron chi connectivity index (χ2n) is 11.0. The van der Waals surface area contributed by atoms with E-state index in [1.165, 1.54) is 17.8 Å². The number of carbonyl (C=O) groups is 1. The number of nitrogens with zero attached hydrogens (tertiary/aromatic N) is 3. The maximum Gasteiger partial charge on any atom is 0.291 e. The molecule has 39 heavy (non-hydrogen) atoms. The molecule has 1 aromatic heterocycles. The van der Waals surface area contributed by atoms with Crippen molar-refractivity contribution in [1.29, 1.82) is 0 Å². The van der Waals surface area contributed by atoms with Crippen molar-refractivity contribution in [1.82, 2.24) is 15.1 Å². The van der Waals surface area contributed by atoms with Crippen LogP contribution in [0.4, 0.5) is 20.2 Å². The molecule has 1 amide bonds. The number of fused-ring (bicyclic) bond motifs is 3. The van der Waals surface area contributed by atoms with Crippen LogP contribution in [-0.2, 0) is 16.1 Å². The molecular formula is C31H29F2N5O. The van der Waals surface area contributed by atoms with Crippen LogP contribution < -0.4 is 10.2 Å². The van der Waals surface area contributed by atoms with Gasteiger partial charge in [-0.05, 0) is 61.0 Å². The van der Waals surface area contributed by atoms with Crippen LogP contribution in [0.25, 0.3) is 22.2 Å². The fourth-order valence-corrected chi connectivity index (χ4v) is 6.29. The number of halogens is 2. The molecule has 2 fully saturated rings. The van der Waals surface area contributed by atoms with E-state index in [9.17, 15) is 13.6 Å². The lowest BCUT2D eigenvalue weighted by atomic mass is 9.89. The van der Waals surface area contributed by atoms with Gasteiger partial charge in [-0.25, -0.2) is 0 Å². The highest BCUT2D eigenvalue weighted by atomic mass is 19.3. The highest BCUT2D eigenvalue weighted by Gasteiger charge is 2.65. The molecule has 6 nitrogen and oxygen atoms in total. The molecule has 198 valence electrons. The normalized spacial score (nSPS) is 22.8. The summed E-state index contributed by atoms with van der Waals surface area (Å²) >= 11 is 0. The number of likely N-dealkylation sites (N-methyl/N-ethyl adjacent to an activating group) is 1. The third-order valence-corrected chi connectivity index (χ3v) is 8.75. The third-order valence-electron chi connectivity index (χ3n) is 8.75. The maximum atomic E-state index is 14.4. The summed E-state index contributed by atoms with van der Waals surface area (Å²) in [5.41, 5.74) is 5.30. The summed E-state index contributed by atoms with van der Waals surface area (Å²) in [7, 11) is 2.15. The summed E-state index contributed by atoms with van der Waals surface area (Å²) < 4.78 is 28.7. The van der Waals surface area contributed by atoms with Crippen LogP contribution in [0.1, 0.15) is 29.0 Å². The molecule has 2 aliphatic heterocycles. The van der Waals surface area contributed by atoms with Crippen LogP contribution in [0, 0.1) is 0 Å². The fourth-order valence-electron chi connectivity index (χ4n) is 6.29. The Labute approximate surface area is 225 Å². The summed E-state index contributed by atoms with van der Waals surface area (Å²) in [4.78, 5) is 17.8. The van der Waals surface area contributed by atoms with Gasteiger partial charge in [0, 0.05) is 60.0 Å². The number of aromatic amines is 1. The van der Waals surface area contributed by atoms with Gasteiger partial charge in [-0.15, -0.1) is 0 Å². The number of benzene rings is 3. The Morgan fingerprint density at radius 2 is 1.82 bits per heavy atom. The van der Waals surface area contributed by atoms with Crippen molar-refractivity contribution < 1.29 is 13.6 Å². The summed E-state index contributed by atoms with van der Waals surface area (Å²) in [5.74, 6) is -3.38. The van der Waals surface area contributed by atoms with Gasteiger partial charge in [0.1, 0.15) is 0 Å². The standard InChI is InChI=1S/C31H29F2N5O/c1-3-31(32,33)21-7-11-26-24(17-21)30(29(39)34-26)18-25(30)20-6-10-23-27(16-20)35-36-28(23)19-4-8-22(9-5-19)38-14-12-37(2)13-15-38/h3-11,16-17,25H,1,12-15,18H2,2H3,(H,34,39)(H,35,36). The number of allylic oxidation sites excluding steroid dienone is 1. The molecule has 2 unspecified atom stereocenters. The molecule has 0 bridgehead atoms. The Balaban J connectivity index is 1.16.